The molecule has 104 valence electrons. The molecule has 0 saturated carbocycles. The molecule has 6 nitrogen and oxygen atoms in total. The number of hydrogen-bond donors (Lipinski definition) is 2. The van der Waals surface area contributed by atoms with Gasteiger partial charge in [0.1, 0.15) is 0 Å². The van der Waals surface area contributed by atoms with Gasteiger partial charge in [-0.05, 0) is 17.7 Å². The lowest BCUT2D eigenvalue weighted by molar-refractivity contribution is -0.121. The van der Waals surface area contributed by atoms with Gasteiger partial charge in [0.25, 0.3) is 0 Å². The Hall–Kier alpha value is -2.65. The molecule has 1 aromatic carbocycles. The zero-order valence-electron chi connectivity index (χ0n) is 11.0. The Morgan fingerprint density at radius 3 is 2.85 bits per heavy atom. The van der Waals surface area contributed by atoms with E-state index in [4.69, 9.17) is 11.0 Å². The first-order chi connectivity index (χ1) is 9.55. The summed E-state index contributed by atoms with van der Waals surface area (Å²) < 4.78 is 0. The van der Waals surface area contributed by atoms with E-state index >= 15 is 0 Å². The van der Waals surface area contributed by atoms with Gasteiger partial charge in [-0.15, -0.1) is 6.58 Å². The first-order valence-corrected chi connectivity index (χ1v) is 5.96. The molecule has 0 spiro atoms. The number of carbonyl (C=O) groups is 2. The number of imide groups is 1. The smallest absolute Gasteiger partial charge is 0.318 e. The largest absolute Gasteiger partial charge is 0.351 e. The van der Waals surface area contributed by atoms with E-state index in [0.29, 0.717) is 18.7 Å². The summed E-state index contributed by atoms with van der Waals surface area (Å²) >= 11 is 0. The van der Waals surface area contributed by atoms with Crippen LogP contribution in [0, 0.1) is 11.3 Å². The Morgan fingerprint density at radius 2 is 2.25 bits per heavy atom. The number of carbonyl (C=O) groups excluding carboxylic acids is 2. The molecule has 0 aliphatic heterocycles. The lowest BCUT2D eigenvalue weighted by Crippen LogP contribution is -2.42. The van der Waals surface area contributed by atoms with E-state index in [-0.39, 0.29) is 6.54 Å². The van der Waals surface area contributed by atoms with Crippen LogP contribution in [0.5, 0.6) is 0 Å². The normalized spacial score (nSPS) is 9.80. The highest BCUT2D eigenvalue weighted by atomic mass is 16.2. The van der Waals surface area contributed by atoms with Crippen LogP contribution in [-0.2, 0) is 11.3 Å². The van der Waals surface area contributed by atoms with E-state index in [1.165, 1.54) is 0 Å². The molecule has 0 aliphatic carbocycles. The van der Waals surface area contributed by atoms with E-state index in [9.17, 15) is 9.59 Å². The molecule has 0 bridgehead atoms. The van der Waals surface area contributed by atoms with Gasteiger partial charge in [0.2, 0.25) is 5.91 Å². The number of nitrogens with zero attached hydrogens (tertiary/aromatic N) is 2. The number of hydrogen-bond acceptors (Lipinski definition) is 4. The van der Waals surface area contributed by atoms with Crippen molar-refractivity contribution in [3.63, 3.8) is 0 Å². The van der Waals surface area contributed by atoms with Gasteiger partial charge in [-0.3, -0.25) is 15.0 Å². The molecular weight excluding hydrogens is 256 g/mol. The number of rotatable bonds is 6. The molecule has 0 unspecified atom stereocenters. The minimum atomic E-state index is -0.875. The molecule has 3 amide bonds. The lowest BCUT2D eigenvalue weighted by Gasteiger charge is -2.19. The zero-order chi connectivity index (χ0) is 15.0. The van der Waals surface area contributed by atoms with Crippen molar-refractivity contribution in [3.8, 4) is 6.07 Å². The van der Waals surface area contributed by atoms with Crippen molar-refractivity contribution in [1.29, 1.82) is 5.26 Å². The zero-order valence-corrected chi connectivity index (χ0v) is 11.0. The summed E-state index contributed by atoms with van der Waals surface area (Å²) in [6.45, 7) is 4.59. The highest BCUT2D eigenvalue weighted by Crippen LogP contribution is 2.07. The molecule has 0 saturated heterocycles. The highest BCUT2D eigenvalue weighted by Gasteiger charge is 2.11. The summed E-state index contributed by atoms with van der Waals surface area (Å²) in [4.78, 5) is 23.9. The summed E-state index contributed by atoms with van der Waals surface area (Å²) in [7, 11) is 0. The Morgan fingerprint density at radius 1 is 1.50 bits per heavy atom. The molecule has 0 radical (unpaired) electrons. The number of benzene rings is 1. The van der Waals surface area contributed by atoms with Gasteiger partial charge in [0.15, 0.2) is 0 Å². The molecule has 0 heterocycles. The average molecular weight is 272 g/mol. The van der Waals surface area contributed by atoms with Gasteiger partial charge in [0, 0.05) is 13.1 Å². The van der Waals surface area contributed by atoms with Gasteiger partial charge in [-0.1, -0.05) is 18.2 Å². The summed E-state index contributed by atoms with van der Waals surface area (Å²) in [6.07, 6.45) is 1.66. The third kappa shape index (κ3) is 5.33. The van der Waals surface area contributed by atoms with Crippen LogP contribution in [0.2, 0.25) is 0 Å². The van der Waals surface area contributed by atoms with Crippen molar-refractivity contribution in [2.45, 2.75) is 6.54 Å². The number of amides is 3. The minimum Gasteiger partial charge on any atom is -0.351 e. The van der Waals surface area contributed by atoms with E-state index in [0.717, 1.165) is 5.56 Å². The van der Waals surface area contributed by atoms with E-state index in [2.05, 4.69) is 12.6 Å². The van der Waals surface area contributed by atoms with Crippen molar-refractivity contribution < 1.29 is 9.59 Å². The molecule has 0 fully saturated rings. The second-order valence-corrected chi connectivity index (χ2v) is 4.18. The summed E-state index contributed by atoms with van der Waals surface area (Å²) in [5.41, 5.74) is 6.35. The average Bonchev–Trinajstić information content (AvgIpc) is 2.38. The number of nitrogens with two attached hydrogens (primary N) is 1. The van der Waals surface area contributed by atoms with Crippen LogP contribution in [0.15, 0.2) is 36.9 Å². The highest BCUT2D eigenvalue weighted by molar-refractivity contribution is 5.94. The van der Waals surface area contributed by atoms with Crippen molar-refractivity contribution in [2.24, 2.45) is 5.73 Å². The standard InChI is InChI=1S/C14H16N4O2/c1-2-6-18(10-13(19)17-14(16)20)9-12-5-3-4-11(7-12)8-15/h2-5,7H,1,6,9-10H2,(H3,16,17,19,20). The monoisotopic (exact) mass is 272 g/mol. The first-order valence-electron chi connectivity index (χ1n) is 5.96. The van der Waals surface area contributed by atoms with Gasteiger partial charge in [-0.2, -0.15) is 5.26 Å². The second kappa shape index (κ2) is 7.71. The van der Waals surface area contributed by atoms with Crippen LogP contribution in [0.1, 0.15) is 11.1 Å². The maximum absolute atomic E-state index is 11.5. The van der Waals surface area contributed by atoms with E-state index in [1.807, 2.05) is 11.4 Å². The predicted molar refractivity (Wildman–Crippen MR) is 74.4 cm³/mol. The number of primary amides is 1. The van der Waals surface area contributed by atoms with Crippen molar-refractivity contribution in [2.75, 3.05) is 13.1 Å². The maximum Gasteiger partial charge on any atom is 0.318 e. The van der Waals surface area contributed by atoms with Gasteiger partial charge < -0.3 is 5.73 Å². The molecule has 20 heavy (non-hydrogen) atoms. The quantitative estimate of drug-likeness (QED) is 0.746. The first kappa shape index (κ1) is 15.4. The third-order valence-electron chi connectivity index (χ3n) is 2.48. The van der Waals surface area contributed by atoms with Crippen LogP contribution in [-0.4, -0.2) is 29.9 Å². The van der Waals surface area contributed by atoms with E-state index in [1.54, 1.807) is 29.2 Å². The summed E-state index contributed by atoms with van der Waals surface area (Å²) in [5, 5.41) is 10.9. The number of nitriles is 1. The second-order valence-electron chi connectivity index (χ2n) is 4.18. The molecule has 6 heteroatoms. The van der Waals surface area contributed by atoms with Crippen LogP contribution in [0.4, 0.5) is 4.79 Å². The molecule has 1 aromatic rings. The molecular formula is C14H16N4O2. The molecule has 0 atom stereocenters. The van der Waals surface area contributed by atoms with Crippen LogP contribution in [0.3, 0.4) is 0 Å². The number of nitrogens with one attached hydrogen (secondary N) is 1. The predicted octanol–water partition coefficient (Wildman–Crippen LogP) is 0.741. The Bertz CT molecular complexity index is 548. The summed E-state index contributed by atoms with van der Waals surface area (Å²) in [6, 6.07) is 8.29. The minimum absolute atomic E-state index is 0.0196. The Labute approximate surface area is 117 Å². The fourth-order valence-electron chi connectivity index (χ4n) is 1.75. The Balaban J connectivity index is 2.71. The van der Waals surface area contributed by atoms with Gasteiger partial charge in [0.05, 0.1) is 18.2 Å². The topological polar surface area (TPSA) is 99.2 Å². The van der Waals surface area contributed by atoms with Crippen LogP contribution in [0.25, 0.3) is 0 Å². The Kier molecular flexibility index (Phi) is 5.94. The SMILES string of the molecule is C=CCN(CC(=O)NC(N)=O)Cc1cccc(C#N)c1. The molecule has 3 N–H and O–H groups in total. The maximum atomic E-state index is 11.5. The van der Waals surface area contributed by atoms with Crippen molar-refractivity contribution in [1.82, 2.24) is 10.2 Å². The lowest BCUT2D eigenvalue weighted by atomic mass is 10.1. The number of urea groups is 1. The summed E-state index contributed by atoms with van der Waals surface area (Å²) in [5.74, 6) is -0.476. The van der Waals surface area contributed by atoms with Crippen LogP contribution < -0.4 is 11.1 Å². The fourth-order valence-corrected chi connectivity index (χ4v) is 1.75. The van der Waals surface area contributed by atoms with Gasteiger partial charge >= 0.3 is 6.03 Å². The van der Waals surface area contributed by atoms with Crippen LogP contribution >= 0.6 is 0 Å². The van der Waals surface area contributed by atoms with Gasteiger partial charge in [-0.25, -0.2) is 4.79 Å². The van der Waals surface area contributed by atoms with Crippen molar-refractivity contribution >= 4 is 11.9 Å². The van der Waals surface area contributed by atoms with Crippen molar-refractivity contribution in [3.05, 3.63) is 48.0 Å². The van der Waals surface area contributed by atoms with E-state index < -0.39 is 11.9 Å². The molecule has 0 aliphatic rings. The molecule has 0 aromatic heterocycles. The third-order valence-corrected chi connectivity index (χ3v) is 2.48. The fraction of sp³-hybridized carbons (Fsp3) is 0.214. The molecule has 1 rings (SSSR count).